The van der Waals surface area contributed by atoms with Crippen LogP contribution in [0.1, 0.15) is 0 Å². The fraction of sp³-hybridized carbons (Fsp3) is 0. The summed E-state index contributed by atoms with van der Waals surface area (Å²) in [6.07, 6.45) is 0. The normalized spacial score (nSPS) is 11.9. The number of hydrogen-bond donors (Lipinski definition) is 0. The van der Waals surface area contributed by atoms with Crippen LogP contribution >= 0.6 is 11.3 Å². The second-order valence-corrected chi connectivity index (χ2v) is 16.6. The summed E-state index contributed by atoms with van der Waals surface area (Å²) in [6.45, 7) is 0. The lowest BCUT2D eigenvalue weighted by atomic mass is 10.0. The zero-order valence-corrected chi connectivity index (χ0v) is 33.5. The van der Waals surface area contributed by atoms with Crippen molar-refractivity contribution in [2.45, 2.75) is 0 Å². The van der Waals surface area contributed by atoms with E-state index in [9.17, 15) is 0 Å². The summed E-state index contributed by atoms with van der Waals surface area (Å²) in [7, 11) is 0. The quantitative estimate of drug-likeness (QED) is 0.174. The molecule has 6 heteroatoms. The molecule has 4 aromatic heterocycles. The molecule has 0 N–H and O–H groups in total. The van der Waals surface area contributed by atoms with Crippen molar-refractivity contribution in [1.29, 1.82) is 0 Å². The van der Waals surface area contributed by atoms with Gasteiger partial charge in [0.2, 0.25) is 0 Å². The number of para-hydroxylation sites is 4. The predicted octanol–water partition coefficient (Wildman–Crippen LogP) is 14.6. The fourth-order valence-electron chi connectivity index (χ4n) is 9.47. The molecule has 0 aliphatic heterocycles. The highest BCUT2D eigenvalue weighted by Gasteiger charge is 2.24. The average molecular weight is 796 g/mol. The van der Waals surface area contributed by atoms with Gasteiger partial charge in [0.25, 0.3) is 0 Å². The second kappa shape index (κ2) is 13.3. The Hall–Kier alpha value is -7.93. The van der Waals surface area contributed by atoms with Crippen molar-refractivity contribution in [2.75, 3.05) is 0 Å². The Bertz CT molecular complexity index is 3880. The summed E-state index contributed by atoms with van der Waals surface area (Å²) in [5.74, 6) is 1.90. The van der Waals surface area contributed by atoms with Crippen LogP contribution < -0.4 is 0 Å². The Labute approximate surface area is 354 Å². The number of rotatable bonds is 5. The summed E-state index contributed by atoms with van der Waals surface area (Å²) in [4.78, 5) is 16.1. The van der Waals surface area contributed by atoms with Crippen molar-refractivity contribution in [3.63, 3.8) is 0 Å². The molecule has 0 radical (unpaired) electrons. The molecule has 0 aliphatic carbocycles. The number of thiophene rings is 1. The summed E-state index contributed by atoms with van der Waals surface area (Å²) in [5, 5.41) is 9.65. The van der Waals surface area contributed by atoms with Gasteiger partial charge in [0.1, 0.15) is 0 Å². The van der Waals surface area contributed by atoms with E-state index in [0.717, 1.165) is 49.2 Å². The molecule has 5 nitrogen and oxygen atoms in total. The largest absolute Gasteiger partial charge is 0.309 e. The summed E-state index contributed by atoms with van der Waals surface area (Å²) in [5.41, 5.74) is 9.62. The summed E-state index contributed by atoms with van der Waals surface area (Å²) in [6, 6.07) is 71.3. The minimum absolute atomic E-state index is 0.627. The molecule has 4 heterocycles. The molecule has 0 fully saturated rings. The van der Waals surface area contributed by atoms with Crippen LogP contribution in [0.4, 0.5) is 0 Å². The fourth-order valence-corrected chi connectivity index (χ4v) is 10.7. The van der Waals surface area contributed by atoms with E-state index in [2.05, 4.69) is 191 Å². The smallest absolute Gasteiger partial charge is 0.166 e. The van der Waals surface area contributed by atoms with Gasteiger partial charge in [0.05, 0.1) is 27.8 Å². The highest BCUT2D eigenvalue weighted by molar-refractivity contribution is 7.26. The van der Waals surface area contributed by atoms with E-state index >= 15 is 0 Å². The molecule has 13 rings (SSSR count). The molecule has 0 saturated heterocycles. The zero-order valence-electron chi connectivity index (χ0n) is 32.7. The second-order valence-electron chi connectivity index (χ2n) is 15.6. The van der Waals surface area contributed by atoms with Crippen LogP contribution in [0.3, 0.4) is 0 Å². The molecule has 0 saturated carbocycles. The molecule has 0 aliphatic rings. The predicted molar refractivity (Wildman–Crippen MR) is 255 cm³/mol. The van der Waals surface area contributed by atoms with E-state index in [1.54, 1.807) is 11.3 Å². The van der Waals surface area contributed by atoms with Gasteiger partial charge < -0.3 is 9.13 Å². The minimum Gasteiger partial charge on any atom is -0.309 e. The van der Waals surface area contributed by atoms with Crippen molar-refractivity contribution in [1.82, 2.24) is 24.1 Å². The number of fused-ring (bicyclic) bond motifs is 10. The minimum atomic E-state index is 0.627. The lowest BCUT2D eigenvalue weighted by Crippen LogP contribution is -2.02. The van der Waals surface area contributed by atoms with Crippen LogP contribution in [0, 0.1) is 0 Å². The van der Waals surface area contributed by atoms with Gasteiger partial charge in [-0.1, -0.05) is 140 Å². The van der Waals surface area contributed by atoms with E-state index in [4.69, 9.17) is 15.0 Å². The van der Waals surface area contributed by atoms with Gasteiger partial charge in [0, 0.05) is 64.1 Å². The lowest BCUT2D eigenvalue weighted by molar-refractivity contribution is 1.07. The SMILES string of the molecule is c1ccc(-c2nc(-c3ccc(-n4c5ccccc5c5cc6ccccc6cc54)c4c3sc3ccccc34)nc(-c3cccc4c5ccccc5n(-c5ccccc5)c34)n2)cc1. The Kier molecular flexibility index (Phi) is 7.41. The van der Waals surface area contributed by atoms with Gasteiger partial charge in [-0.2, -0.15) is 0 Å². The number of hydrogen-bond acceptors (Lipinski definition) is 4. The van der Waals surface area contributed by atoms with Crippen LogP contribution in [0.25, 0.3) is 120 Å². The van der Waals surface area contributed by atoms with Crippen molar-refractivity contribution >= 4 is 85.9 Å². The molecule has 13 aromatic rings. The van der Waals surface area contributed by atoms with Gasteiger partial charge >= 0.3 is 0 Å². The van der Waals surface area contributed by atoms with Gasteiger partial charge in [-0.05, 0) is 71.4 Å². The first-order valence-corrected chi connectivity index (χ1v) is 21.3. The van der Waals surface area contributed by atoms with E-state index in [1.165, 1.54) is 53.4 Å². The van der Waals surface area contributed by atoms with Gasteiger partial charge in [-0.15, -0.1) is 11.3 Å². The molecule has 0 amide bonds. The molecule has 9 aromatic carbocycles. The zero-order chi connectivity index (χ0) is 40.0. The van der Waals surface area contributed by atoms with Crippen LogP contribution in [0.2, 0.25) is 0 Å². The maximum atomic E-state index is 5.47. The van der Waals surface area contributed by atoms with E-state index < -0.39 is 0 Å². The van der Waals surface area contributed by atoms with Crippen molar-refractivity contribution in [3.8, 4) is 45.5 Å². The van der Waals surface area contributed by atoms with E-state index in [-0.39, 0.29) is 0 Å². The first kappa shape index (κ1) is 34.0. The molecule has 0 unspecified atom stereocenters. The van der Waals surface area contributed by atoms with Crippen molar-refractivity contribution in [3.05, 3.63) is 200 Å². The summed E-state index contributed by atoms with van der Waals surface area (Å²) < 4.78 is 7.16. The molecule has 0 spiro atoms. The number of aromatic nitrogens is 5. The number of benzene rings is 9. The third kappa shape index (κ3) is 5.16. The van der Waals surface area contributed by atoms with E-state index in [0.29, 0.717) is 17.5 Å². The maximum Gasteiger partial charge on any atom is 0.166 e. The van der Waals surface area contributed by atoms with E-state index in [1.807, 2.05) is 18.2 Å². The third-order valence-corrected chi connectivity index (χ3v) is 13.3. The average Bonchev–Trinajstić information content (AvgIpc) is 3.99. The maximum absolute atomic E-state index is 5.47. The molecule has 0 bridgehead atoms. The first-order valence-electron chi connectivity index (χ1n) is 20.5. The Morgan fingerprint density at radius 1 is 0.377 bits per heavy atom. The monoisotopic (exact) mass is 795 g/mol. The van der Waals surface area contributed by atoms with Crippen LogP contribution in [0.15, 0.2) is 200 Å². The Morgan fingerprint density at radius 3 is 1.75 bits per heavy atom. The highest BCUT2D eigenvalue weighted by atomic mass is 32.1. The van der Waals surface area contributed by atoms with Crippen LogP contribution in [0.5, 0.6) is 0 Å². The molecular weight excluding hydrogens is 763 g/mol. The molecule has 0 atom stereocenters. The Balaban J connectivity index is 1.11. The summed E-state index contributed by atoms with van der Waals surface area (Å²) >= 11 is 1.80. The Morgan fingerprint density at radius 2 is 0.967 bits per heavy atom. The lowest BCUT2D eigenvalue weighted by Gasteiger charge is -2.14. The molecule has 284 valence electrons. The number of nitrogens with zero attached hydrogens (tertiary/aromatic N) is 5. The highest BCUT2D eigenvalue weighted by Crippen LogP contribution is 2.46. The van der Waals surface area contributed by atoms with Gasteiger partial charge in [-0.3, -0.25) is 0 Å². The van der Waals surface area contributed by atoms with Gasteiger partial charge in [-0.25, -0.2) is 15.0 Å². The first-order chi connectivity index (χ1) is 30.3. The van der Waals surface area contributed by atoms with Crippen LogP contribution in [-0.4, -0.2) is 24.1 Å². The van der Waals surface area contributed by atoms with Crippen LogP contribution in [-0.2, 0) is 0 Å². The standard InChI is InChI=1S/C55H33N5S/c1-3-16-34(17-4-1)53-56-54(42-26-15-25-40-38-22-9-12-27-45(38)59(51(40)42)37-20-5-2-6-21-37)58-55(57-53)43-30-31-47(50-41-24-11-14-29-49(41)61-52(43)50)60-46-28-13-10-23-39(46)44-32-35-18-7-8-19-36(35)33-48(44)60/h1-33H. The third-order valence-electron chi connectivity index (χ3n) is 12.1. The molecular formula is C55H33N5S. The van der Waals surface area contributed by atoms with Gasteiger partial charge in [0.15, 0.2) is 17.5 Å². The van der Waals surface area contributed by atoms with Crippen molar-refractivity contribution in [2.24, 2.45) is 0 Å². The van der Waals surface area contributed by atoms with Crippen molar-refractivity contribution < 1.29 is 0 Å². The molecule has 61 heavy (non-hydrogen) atoms. The topological polar surface area (TPSA) is 48.5 Å².